The van der Waals surface area contributed by atoms with Crippen molar-refractivity contribution >= 4 is 15.9 Å². The normalized spacial score (nSPS) is 42.7. The van der Waals surface area contributed by atoms with Gasteiger partial charge in [-0.15, -0.1) is 0 Å². The van der Waals surface area contributed by atoms with Gasteiger partial charge in [0.1, 0.15) is 10.7 Å². The number of Topliss-reactive ketones (excluding diaryl/α,β-unsaturated/α-hetero) is 1. The zero-order valence-corrected chi connectivity index (χ0v) is 17.9. The summed E-state index contributed by atoms with van der Waals surface area (Å²) >= 11 is 0. The fourth-order valence-corrected chi connectivity index (χ4v) is 7.47. The lowest BCUT2D eigenvalue weighted by Crippen LogP contribution is -2.69. The lowest BCUT2D eigenvalue weighted by atomic mass is 9.45. The van der Waals surface area contributed by atoms with Crippen LogP contribution in [0.1, 0.15) is 32.3 Å². The van der Waals surface area contributed by atoms with Crippen molar-refractivity contribution in [3.63, 3.8) is 0 Å². The molecule has 5 aliphatic rings. The Kier molecular flexibility index (Phi) is 3.79. The first-order chi connectivity index (χ1) is 13.6. The van der Waals surface area contributed by atoms with E-state index in [1.54, 1.807) is 18.2 Å². The Bertz CT molecular complexity index is 1030. The molecule has 3 fully saturated rings. The van der Waals surface area contributed by atoms with E-state index in [0.717, 1.165) is 18.4 Å². The molecule has 156 valence electrons. The Morgan fingerprint density at radius 2 is 1.83 bits per heavy atom. The summed E-state index contributed by atoms with van der Waals surface area (Å²) in [5.41, 5.74) is -0.816. The standard InChI is InChI=1S/C22H26O6S/c1-13-5-8-15(9-6-13)29(24,25)28-18-11-21-14(2)7-10-16(21)17-12-27-22(26-4,19(21)23)20(17,18)3/h5-6,8-9,11,14,16-17H,7,10,12H2,1-4H3/t14-,16?,17?,20?,21?,22?/m1/s1. The van der Waals surface area contributed by atoms with Crippen LogP contribution in [0.5, 0.6) is 0 Å². The van der Waals surface area contributed by atoms with Crippen molar-refractivity contribution in [3.05, 3.63) is 41.7 Å². The lowest BCUT2D eigenvalue weighted by molar-refractivity contribution is -0.251. The molecule has 7 heteroatoms. The minimum atomic E-state index is -4.05. The van der Waals surface area contributed by atoms with Gasteiger partial charge in [0, 0.05) is 13.0 Å². The van der Waals surface area contributed by atoms with Crippen LogP contribution in [-0.2, 0) is 28.6 Å². The zero-order chi connectivity index (χ0) is 20.8. The van der Waals surface area contributed by atoms with E-state index in [1.807, 2.05) is 13.8 Å². The van der Waals surface area contributed by atoms with E-state index in [-0.39, 0.29) is 34.2 Å². The molecule has 4 bridgehead atoms. The van der Waals surface area contributed by atoms with Crippen molar-refractivity contribution in [3.8, 4) is 0 Å². The van der Waals surface area contributed by atoms with Gasteiger partial charge in [0.15, 0.2) is 0 Å². The molecule has 29 heavy (non-hydrogen) atoms. The van der Waals surface area contributed by atoms with Crippen LogP contribution in [0.25, 0.3) is 0 Å². The Morgan fingerprint density at radius 3 is 2.48 bits per heavy atom. The van der Waals surface area contributed by atoms with E-state index in [4.69, 9.17) is 13.7 Å². The maximum absolute atomic E-state index is 13.7. The van der Waals surface area contributed by atoms with Gasteiger partial charge < -0.3 is 13.7 Å². The van der Waals surface area contributed by atoms with Gasteiger partial charge in [0.2, 0.25) is 11.6 Å². The molecule has 6 atom stereocenters. The van der Waals surface area contributed by atoms with E-state index < -0.39 is 26.7 Å². The fourth-order valence-electron chi connectivity index (χ4n) is 6.44. The van der Waals surface area contributed by atoms with Crippen LogP contribution in [0.2, 0.25) is 0 Å². The SMILES string of the molecule is COC12OCC3C4CC[C@@H](C)C4(C=C(OS(=O)(=O)c4ccc(C)cc4)C31C)C2=O. The van der Waals surface area contributed by atoms with Crippen molar-refractivity contribution in [1.29, 1.82) is 0 Å². The lowest BCUT2D eigenvalue weighted by Gasteiger charge is -2.58. The number of ketones is 1. The molecule has 1 spiro atoms. The Morgan fingerprint density at radius 1 is 1.14 bits per heavy atom. The molecule has 0 amide bonds. The van der Waals surface area contributed by atoms with Crippen molar-refractivity contribution < 1.29 is 26.9 Å². The van der Waals surface area contributed by atoms with Gasteiger partial charge in [-0.1, -0.05) is 24.6 Å². The quantitative estimate of drug-likeness (QED) is 0.699. The molecule has 0 radical (unpaired) electrons. The Hall–Kier alpha value is -1.70. The highest BCUT2D eigenvalue weighted by atomic mass is 32.2. The van der Waals surface area contributed by atoms with Crippen molar-refractivity contribution in [2.75, 3.05) is 13.7 Å². The maximum atomic E-state index is 13.7. The number of hydrogen-bond acceptors (Lipinski definition) is 6. The van der Waals surface area contributed by atoms with E-state index in [2.05, 4.69) is 6.92 Å². The summed E-state index contributed by atoms with van der Waals surface area (Å²) in [4.78, 5) is 13.8. The van der Waals surface area contributed by atoms with Gasteiger partial charge in [-0.25, -0.2) is 0 Å². The molecule has 5 unspecified atom stereocenters. The number of hydrogen-bond donors (Lipinski definition) is 0. The van der Waals surface area contributed by atoms with E-state index >= 15 is 0 Å². The molecule has 1 heterocycles. The summed E-state index contributed by atoms with van der Waals surface area (Å²) in [5, 5.41) is 0. The third-order valence-electron chi connectivity index (χ3n) is 8.09. The van der Waals surface area contributed by atoms with Crippen LogP contribution < -0.4 is 0 Å². The highest BCUT2D eigenvalue weighted by Gasteiger charge is 2.82. The monoisotopic (exact) mass is 418 g/mol. The van der Waals surface area contributed by atoms with Gasteiger partial charge in [0.05, 0.1) is 17.4 Å². The second kappa shape index (κ2) is 5.71. The number of ether oxygens (including phenoxy) is 2. The van der Waals surface area contributed by atoms with Crippen LogP contribution in [0.4, 0.5) is 0 Å². The summed E-state index contributed by atoms with van der Waals surface area (Å²) in [6.07, 6.45) is 3.63. The molecule has 6 rings (SSSR count). The van der Waals surface area contributed by atoms with Crippen LogP contribution in [0.15, 0.2) is 41.0 Å². The van der Waals surface area contributed by atoms with Gasteiger partial charge in [0.25, 0.3) is 0 Å². The highest BCUT2D eigenvalue weighted by Crippen LogP contribution is 2.73. The minimum absolute atomic E-state index is 0.0293. The topological polar surface area (TPSA) is 78.9 Å². The van der Waals surface area contributed by atoms with Crippen LogP contribution in [0.3, 0.4) is 0 Å². The number of benzene rings is 1. The molecule has 4 aliphatic carbocycles. The zero-order valence-electron chi connectivity index (χ0n) is 17.1. The van der Waals surface area contributed by atoms with E-state index in [0.29, 0.717) is 6.61 Å². The number of aryl methyl sites for hydroxylation is 1. The third kappa shape index (κ3) is 2.04. The maximum Gasteiger partial charge on any atom is 0.338 e. The fraction of sp³-hybridized carbons (Fsp3) is 0.591. The predicted molar refractivity (Wildman–Crippen MR) is 104 cm³/mol. The van der Waals surface area contributed by atoms with Gasteiger partial charge in [-0.2, -0.15) is 8.42 Å². The summed E-state index contributed by atoms with van der Waals surface area (Å²) in [6, 6.07) is 6.55. The molecule has 1 aromatic rings. The second-order valence-corrected chi connectivity index (χ2v) is 10.7. The van der Waals surface area contributed by atoms with E-state index in [9.17, 15) is 13.2 Å². The van der Waals surface area contributed by atoms with Crippen molar-refractivity contribution in [2.24, 2.45) is 28.6 Å². The third-order valence-corrected chi connectivity index (χ3v) is 9.34. The summed E-state index contributed by atoms with van der Waals surface area (Å²) in [6.45, 7) is 6.16. The first-order valence-corrected chi connectivity index (χ1v) is 11.5. The minimum Gasteiger partial charge on any atom is -0.383 e. The largest absolute Gasteiger partial charge is 0.383 e. The van der Waals surface area contributed by atoms with Crippen LogP contribution in [0, 0.1) is 35.5 Å². The van der Waals surface area contributed by atoms with Crippen LogP contribution >= 0.6 is 0 Å². The number of carbonyl (C=O) groups is 1. The van der Waals surface area contributed by atoms with E-state index in [1.165, 1.54) is 19.2 Å². The molecule has 0 aromatic heterocycles. The molecular formula is C22H26O6S. The second-order valence-electron chi connectivity index (χ2n) is 9.15. The number of carbonyl (C=O) groups excluding carboxylic acids is 1. The Balaban J connectivity index is 1.67. The summed E-state index contributed by atoms with van der Waals surface area (Å²) in [5.74, 6) is -1.14. The molecule has 1 aromatic carbocycles. The van der Waals surface area contributed by atoms with Crippen molar-refractivity contribution in [1.82, 2.24) is 0 Å². The molecular weight excluding hydrogens is 392 g/mol. The predicted octanol–water partition coefficient (Wildman–Crippen LogP) is 3.21. The summed E-state index contributed by atoms with van der Waals surface area (Å²) in [7, 11) is -2.59. The number of rotatable bonds is 4. The first-order valence-electron chi connectivity index (χ1n) is 10.1. The molecule has 0 N–H and O–H groups in total. The van der Waals surface area contributed by atoms with Crippen molar-refractivity contribution in [2.45, 2.75) is 44.3 Å². The molecule has 6 nitrogen and oxygen atoms in total. The number of methoxy groups -OCH3 is 1. The Labute approximate surface area is 171 Å². The molecule has 1 aliphatic heterocycles. The van der Waals surface area contributed by atoms with Gasteiger partial charge in [-0.05, 0) is 56.7 Å². The average molecular weight is 419 g/mol. The average Bonchev–Trinajstić information content (AvgIpc) is 3.14. The molecule has 2 saturated carbocycles. The number of allylic oxidation sites excluding steroid dienone is 1. The summed E-state index contributed by atoms with van der Waals surface area (Å²) < 4.78 is 43.7. The van der Waals surface area contributed by atoms with Gasteiger partial charge >= 0.3 is 10.1 Å². The first kappa shape index (κ1) is 19.3. The highest BCUT2D eigenvalue weighted by molar-refractivity contribution is 7.86. The van der Waals surface area contributed by atoms with Crippen LogP contribution in [-0.4, -0.2) is 33.7 Å². The smallest absolute Gasteiger partial charge is 0.338 e. The molecule has 1 saturated heterocycles. The van der Waals surface area contributed by atoms with Gasteiger partial charge in [-0.3, -0.25) is 4.79 Å².